The number of carbonyl (C=O) groups excluding carboxylic acids is 1. The van der Waals surface area contributed by atoms with Crippen LogP contribution in [-0.4, -0.2) is 34.7 Å². The lowest BCUT2D eigenvalue weighted by molar-refractivity contribution is -0.371. The third-order valence-electron chi connectivity index (χ3n) is 3.26. The SMILES string of the molecule is CC(=O)NC1CCC2=NOC(O)(C(F)(F)F)C2C1. The maximum absolute atomic E-state index is 12.8. The summed E-state index contributed by atoms with van der Waals surface area (Å²) in [7, 11) is 0. The molecular weight excluding hydrogens is 253 g/mol. The molecule has 18 heavy (non-hydrogen) atoms. The Morgan fingerprint density at radius 1 is 1.61 bits per heavy atom. The van der Waals surface area contributed by atoms with Crippen molar-refractivity contribution < 1.29 is 27.9 Å². The molecule has 0 aromatic carbocycles. The highest BCUT2D eigenvalue weighted by molar-refractivity contribution is 5.89. The molecule has 3 atom stereocenters. The van der Waals surface area contributed by atoms with Gasteiger partial charge in [0.25, 0.3) is 0 Å². The second-order valence-electron chi connectivity index (χ2n) is 4.59. The molecule has 1 aliphatic carbocycles. The fourth-order valence-electron chi connectivity index (χ4n) is 2.39. The summed E-state index contributed by atoms with van der Waals surface area (Å²) in [5.74, 6) is -4.82. The number of hydrogen-bond donors (Lipinski definition) is 2. The number of rotatable bonds is 1. The third-order valence-corrected chi connectivity index (χ3v) is 3.26. The monoisotopic (exact) mass is 266 g/mol. The van der Waals surface area contributed by atoms with E-state index in [9.17, 15) is 23.1 Å². The molecule has 3 unspecified atom stereocenters. The van der Waals surface area contributed by atoms with Gasteiger partial charge in [0.2, 0.25) is 5.91 Å². The lowest BCUT2D eigenvalue weighted by Gasteiger charge is -2.34. The summed E-state index contributed by atoms with van der Waals surface area (Å²) >= 11 is 0. The van der Waals surface area contributed by atoms with E-state index in [1.54, 1.807) is 0 Å². The number of oxime groups is 1. The highest BCUT2D eigenvalue weighted by Crippen LogP contribution is 2.46. The van der Waals surface area contributed by atoms with Crippen molar-refractivity contribution in [1.82, 2.24) is 5.32 Å². The standard InChI is InChI=1S/C10H13F3N2O3/c1-5(16)14-6-2-3-8-7(4-6)9(17,18-15-8)10(11,12)13/h6-7,17H,2-4H2,1H3,(H,14,16). The van der Waals surface area contributed by atoms with E-state index in [4.69, 9.17) is 0 Å². The number of alkyl halides is 3. The van der Waals surface area contributed by atoms with E-state index in [1.165, 1.54) is 6.92 Å². The summed E-state index contributed by atoms with van der Waals surface area (Å²) < 4.78 is 38.3. The summed E-state index contributed by atoms with van der Waals surface area (Å²) in [4.78, 5) is 15.1. The topological polar surface area (TPSA) is 70.9 Å². The molecule has 1 heterocycles. The minimum atomic E-state index is -4.92. The Labute approximate surface area is 101 Å². The zero-order valence-electron chi connectivity index (χ0n) is 9.62. The van der Waals surface area contributed by atoms with Crippen LogP contribution in [0.25, 0.3) is 0 Å². The average Bonchev–Trinajstić information content (AvgIpc) is 2.56. The molecule has 0 bridgehead atoms. The number of nitrogens with one attached hydrogen (secondary N) is 1. The smallest absolute Gasteiger partial charge is 0.354 e. The van der Waals surface area contributed by atoms with Gasteiger partial charge in [-0.15, -0.1) is 0 Å². The Bertz CT molecular complexity index is 396. The second-order valence-corrected chi connectivity index (χ2v) is 4.59. The van der Waals surface area contributed by atoms with E-state index < -0.39 is 23.9 Å². The van der Waals surface area contributed by atoms with Crippen molar-refractivity contribution in [3.8, 4) is 0 Å². The minimum absolute atomic E-state index is 0.0333. The molecule has 2 N–H and O–H groups in total. The Hall–Kier alpha value is -1.31. The predicted molar refractivity (Wildman–Crippen MR) is 54.5 cm³/mol. The Morgan fingerprint density at radius 3 is 2.83 bits per heavy atom. The van der Waals surface area contributed by atoms with Crippen molar-refractivity contribution in [3.05, 3.63) is 0 Å². The second kappa shape index (κ2) is 4.11. The van der Waals surface area contributed by atoms with Gasteiger partial charge in [-0.25, -0.2) is 0 Å². The molecule has 0 radical (unpaired) electrons. The molecule has 0 aromatic rings. The summed E-state index contributed by atoms with van der Waals surface area (Å²) in [5.41, 5.74) is 0.205. The number of hydrogen-bond acceptors (Lipinski definition) is 4. The fourth-order valence-corrected chi connectivity index (χ4v) is 2.39. The highest BCUT2D eigenvalue weighted by atomic mass is 19.4. The van der Waals surface area contributed by atoms with Crippen LogP contribution in [0, 0.1) is 5.92 Å². The van der Waals surface area contributed by atoms with E-state index in [0.29, 0.717) is 6.42 Å². The van der Waals surface area contributed by atoms with Crippen molar-refractivity contribution in [2.24, 2.45) is 11.1 Å². The lowest BCUT2D eigenvalue weighted by Crippen LogP contribution is -2.55. The summed E-state index contributed by atoms with van der Waals surface area (Å²) in [6, 6.07) is -0.401. The van der Waals surface area contributed by atoms with E-state index in [1.807, 2.05) is 0 Å². The van der Waals surface area contributed by atoms with Crippen LogP contribution in [0.15, 0.2) is 5.16 Å². The first-order valence-corrected chi connectivity index (χ1v) is 5.55. The molecule has 102 valence electrons. The van der Waals surface area contributed by atoms with Gasteiger partial charge < -0.3 is 15.3 Å². The van der Waals surface area contributed by atoms with Gasteiger partial charge in [0.15, 0.2) is 0 Å². The van der Waals surface area contributed by atoms with Crippen molar-refractivity contribution in [3.63, 3.8) is 0 Å². The van der Waals surface area contributed by atoms with Crippen LogP contribution in [0.3, 0.4) is 0 Å². The van der Waals surface area contributed by atoms with Crippen LogP contribution in [-0.2, 0) is 9.63 Å². The molecule has 0 saturated heterocycles. The number of aliphatic hydroxyl groups is 1. The summed E-state index contributed by atoms with van der Waals surface area (Å²) in [5, 5.41) is 15.5. The van der Waals surface area contributed by atoms with Crippen molar-refractivity contribution >= 4 is 11.6 Å². The first kappa shape index (κ1) is 13.1. The number of fused-ring (bicyclic) bond motifs is 1. The van der Waals surface area contributed by atoms with Crippen LogP contribution >= 0.6 is 0 Å². The number of amides is 1. The van der Waals surface area contributed by atoms with Crippen LogP contribution < -0.4 is 5.32 Å². The summed E-state index contributed by atoms with van der Waals surface area (Å²) in [6.45, 7) is 1.30. The van der Waals surface area contributed by atoms with Crippen LogP contribution in [0.5, 0.6) is 0 Å². The zero-order chi connectivity index (χ0) is 13.6. The molecule has 2 aliphatic rings. The van der Waals surface area contributed by atoms with Gasteiger partial charge in [-0.1, -0.05) is 5.16 Å². The van der Waals surface area contributed by atoms with Gasteiger partial charge in [-0.3, -0.25) is 4.79 Å². The normalized spacial score (nSPS) is 35.5. The van der Waals surface area contributed by atoms with Gasteiger partial charge in [0, 0.05) is 13.0 Å². The van der Waals surface area contributed by atoms with Gasteiger partial charge in [-0.05, 0) is 19.3 Å². The van der Waals surface area contributed by atoms with E-state index in [2.05, 4.69) is 15.3 Å². The minimum Gasteiger partial charge on any atom is -0.354 e. The summed E-state index contributed by atoms with van der Waals surface area (Å²) in [6.07, 6.45) is -4.18. The van der Waals surface area contributed by atoms with E-state index in [-0.39, 0.29) is 24.5 Å². The number of carbonyl (C=O) groups is 1. The Morgan fingerprint density at radius 2 is 2.28 bits per heavy atom. The van der Waals surface area contributed by atoms with Crippen LogP contribution in [0.2, 0.25) is 0 Å². The Balaban J connectivity index is 2.15. The third kappa shape index (κ3) is 2.05. The van der Waals surface area contributed by atoms with Crippen molar-refractivity contribution in [2.45, 2.75) is 44.2 Å². The van der Waals surface area contributed by atoms with Gasteiger partial charge >= 0.3 is 12.0 Å². The molecule has 0 spiro atoms. The van der Waals surface area contributed by atoms with E-state index in [0.717, 1.165) is 0 Å². The number of halogens is 3. The molecule has 2 rings (SSSR count). The molecule has 1 aliphatic heterocycles. The number of nitrogens with zero attached hydrogens (tertiary/aromatic N) is 1. The van der Waals surface area contributed by atoms with E-state index >= 15 is 0 Å². The predicted octanol–water partition coefficient (Wildman–Crippen LogP) is 0.928. The van der Waals surface area contributed by atoms with Gasteiger partial charge in [0.05, 0.1) is 11.6 Å². The highest BCUT2D eigenvalue weighted by Gasteiger charge is 2.66. The molecule has 1 fully saturated rings. The van der Waals surface area contributed by atoms with Crippen LogP contribution in [0.4, 0.5) is 13.2 Å². The van der Waals surface area contributed by atoms with Gasteiger partial charge in [0.1, 0.15) is 0 Å². The average molecular weight is 266 g/mol. The maximum atomic E-state index is 12.8. The van der Waals surface area contributed by atoms with Crippen LogP contribution in [0.1, 0.15) is 26.2 Å². The van der Waals surface area contributed by atoms with Crippen molar-refractivity contribution in [1.29, 1.82) is 0 Å². The molecule has 0 aromatic heterocycles. The first-order chi connectivity index (χ1) is 8.24. The fraction of sp³-hybridized carbons (Fsp3) is 0.800. The quantitative estimate of drug-likeness (QED) is 0.741. The van der Waals surface area contributed by atoms with Crippen molar-refractivity contribution in [2.75, 3.05) is 0 Å². The maximum Gasteiger partial charge on any atom is 0.458 e. The molecule has 5 nitrogen and oxygen atoms in total. The first-order valence-electron chi connectivity index (χ1n) is 5.55. The zero-order valence-corrected chi connectivity index (χ0v) is 9.62. The molecule has 1 amide bonds. The molecule has 8 heteroatoms. The Kier molecular flexibility index (Phi) is 3.00. The molecule has 1 saturated carbocycles. The lowest BCUT2D eigenvalue weighted by atomic mass is 9.79. The van der Waals surface area contributed by atoms with Gasteiger partial charge in [-0.2, -0.15) is 13.2 Å². The molecular formula is C10H13F3N2O3. The largest absolute Gasteiger partial charge is 0.458 e.